The summed E-state index contributed by atoms with van der Waals surface area (Å²) in [6.45, 7) is 5.87. The summed E-state index contributed by atoms with van der Waals surface area (Å²) in [7, 11) is 0. The molecular formula is C32H48N2O4. The molecule has 0 spiro atoms. The van der Waals surface area contributed by atoms with Crippen molar-refractivity contribution in [1.82, 2.24) is 0 Å². The zero-order chi connectivity index (χ0) is 27.3. The summed E-state index contributed by atoms with van der Waals surface area (Å²) >= 11 is 0. The van der Waals surface area contributed by atoms with Gasteiger partial charge in [0.15, 0.2) is 0 Å². The zero-order valence-corrected chi connectivity index (χ0v) is 23.6. The molecule has 2 amide bonds. The monoisotopic (exact) mass is 524 g/mol. The Morgan fingerprint density at radius 2 is 0.895 bits per heavy atom. The van der Waals surface area contributed by atoms with Crippen LogP contribution in [0.5, 0.6) is 11.5 Å². The molecule has 0 radical (unpaired) electrons. The average molecular weight is 525 g/mol. The third-order valence-electron chi connectivity index (χ3n) is 6.37. The number of ether oxygens (including phenoxy) is 2. The number of hydrogen-bond donors (Lipinski definition) is 2. The van der Waals surface area contributed by atoms with Crippen molar-refractivity contribution in [3.8, 4) is 11.5 Å². The van der Waals surface area contributed by atoms with Gasteiger partial charge in [-0.05, 0) is 74.2 Å². The lowest BCUT2D eigenvalue weighted by Gasteiger charge is -2.09. The minimum absolute atomic E-state index is 0.0454. The Morgan fingerprint density at radius 3 is 1.26 bits per heavy atom. The summed E-state index contributed by atoms with van der Waals surface area (Å²) in [5.74, 6) is 1.56. The number of rotatable bonds is 21. The van der Waals surface area contributed by atoms with E-state index in [1.165, 1.54) is 51.4 Å². The van der Waals surface area contributed by atoms with E-state index in [0.29, 0.717) is 25.7 Å². The van der Waals surface area contributed by atoms with Crippen molar-refractivity contribution in [2.45, 2.75) is 104 Å². The molecule has 2 aromatic rings. The SMILES string of the molecule is CCCCCCCOc1ccc(NC(=O)CCCCC(=O)Nc2ccc(OCCCCCCC)cc2)cc1. The first-order valence-electron chi connectivity index (χ1n) is 14.7. The van der Waals surface area contributed by atoms with E-state index in [2.05, 4.69) is 24.5 Å². The Hall–Kier alpha value is -3.02. The number of anilines is 2. The number of unbranched alkanes of at least 4 members (excludes halogenated alkanes) is 9. The van der Waals surface area contributed by atoms with E-state index >= 15 is 0 Å². The molecule has 2 rings (SSSR count). The average Bonchev–Trinajstić information content (AvgIpc) is 2.92. The smallest absolute Gasteiger partial charge is 0.224 e. The minimum atomic E-state index is -0.0454. The van der Waals surface area contributed by atoms with Gasteiger partial charge < -0.3 is 20.1 Å². The van der Waals surface area contributed by atoms with Crippen LogP contribution in [0.25, 0.3) is 0 Å². The molecule has 0 atom stereocenters. The van der Waals surface area contributed by atoms with Gasteiger partial charge in [0.25, 0.3) is 0 Å². The van der Waals surface area contributed by atoms with Crippen LogP contribution in [0.1, 0.15) is 104 Å². The topological polar surface area (TPSA) is 76.7 Å². The second-order valence-electron chi connectivity index (χ2n) is 9.88. The Balaban J connectivity index is 1.54. The van der Waals surface area contributed by atoms with Gasteiger partial charge in [0, 0.05) is 24.2 Å². The molecule has 0 aromatic heterocycles. The molecule has 6 heteroatoms. The van der Waals surface area contributed by atoms with Crippen molar-refractivity contribution >= 4 is 23.2 Å². The van der Waals surface area contributed by atoms with Crippen molar-refractivity contribution in [2.75, 3.05) is 23.8 Å². The minimum Gasteiger partial charge on any atom is -0.494 e. The Morgan fingerprint density at radius 1 is 0.526 bits per heavy atom. The van der Waals surface area contributed by atoms with Gasteiger partial charge in [-0.25, -0.2) is 0 Å². The van der Waals surface area contributed by atoms with E-state index in [0.717, 1.165) is 48.9 Å². The molecule has 6 nitrogen and oxygen atoms in total. The van der Waals surface area contributed by atoms with Crippen molar-refractivity contribution in [1.29, 1.82) is 0 Å². The van der Waals surface area contributed by atoms with Gasteiger partial charge >= 0.3 is 0 Å². The van der Waals surface area contributed by atoms with Crippen molar-refractivity contribution in [3.05, 3.63) is 48.5 Å². The summed E-state index contributed by atoms with van der Waals surface area (Å²) in [4.78, 5) is 24.5. The number of hydrogen-bond acceptors (Lipinski definition) is 4. The molecule has 0 bridgehead atoms. The molecule has 38 heavy (non-hydrogen) atoms. The molecule has 210 valence electrons. The number of carbonyl (C=O) groups excluding carboxylic acids is 2. The summed E-state index contributed by atoms with van der Waals surface area (Å²) in [5, 5.41) is 5.83. The third-order valence-corrected chi connectivity index (χ3v) is 6.37. The maximum absolute atomic E-state index is 12.2. The quantitative estimate of drug-likeness (QED) is 0.160. The molecule has 0 aliphatic heterocycles. The molecule has 0 fully saturated rings. The predicted octanol–water partition coefficient (Wildman–Crippen LogP) is 8.52. The summed E-state index contributed by atoms with van der Waals surface area (Å²) < 4.78 is 11.5. The van der Waals surface area contributed by atoms with Crippen LogP contribution in [-0.4, -0.2) is 25.0 Å². The number of carbonyl (C=O) groups is 2. The normalized spacial score (nSPS) is 10.7. The van der Waals surface area contributed by atoms with Crippen LogP contribution in [0.3, 0.4) is 0 Å². The van der Waals surface area contributed by atoms with E-state index in [1.807, 2.05) is 48.5 Å². The molecule has 2 aromatic carbocycles. The third kappa shape index (κ3) is 14.7. The van der Waals surface area contributed by atoms with E-state index in [9.17, 15) is 9.59 Å². The highest BCUT2D eigenvalue weighted by atomic mass is 16.5. The van der Waals surface area contributed by atoms with Gasteiger partial charge in [-0.3, -0.25) is 9.59 Å². The summed E-state index contributed by atoms with van der Waals surface area (Å²) in [5.41, 5.74) is 1.51. The van der Waals surface area contributed by atoms with Gasteiger partial charge in [-0.2, -0.15) is 0 Å². The van der Waals surface area contributed by atoms with Crippen LogP contribution in [0, 0.1) is 0 Å². The fourth-order valence-corrected chi connectivity index (χ4v) is 4.08. The standard InChI is InChI=1S/C32H48N2O4/c1-3-5-7-9-13-25-37-29-21-17-27(18-22-29)33-31(35)15-11-12-16-32(36)34-28-19-23-30(24-20-28)38-26-14-10-8-6-4-2/h17-24H,3-16,25-26H2,1-2H3,(H,33,35)(H,34,36). The fraction of sp³-hybridized carbons (Fsp3) is 0.562. The van der Waals surface area contributed by atoms with E-state index < -0.39 is 0 Å². The first kappa shape index (κ1) is 31.2. The van der Waals surface area contributed by atoms with Gasteiger partial charge in [-0.1, -0.05) is 65.2 Å². The molecule has 0 aliphatic carbocycles. The van der Waals surface area contributed by atoms with Gasteiger partial charge in [0.2, 0.25) is 11.8 Å². The lowest BCUT2D eigenvalue weighted by atomic mass is 10.1. The molecule has 2 N–H and O–H groups in total. The second-order valence-corrected chi connectivity index (χ2v) is 9.88. The Labute approximate surface area is 229 Å². The van der Waals surface area contributed by atoms with Crippen LogP contribution in [0.15, 0.2) is 48.5 Å². The van der Waals surface area contributed by atoms with Crippen molar-refractivity contribution in [2.24, 2.45) is 0 Å². The van der Waals surface area contributed by atoms with Crippen LogP contribution in [0.4, 0.5) is 11.4 Å². The summed E-state index contributed by atoms with van der Waals surface area (Å²) in [6, 6.07) is 15.0. The number of amides is 2. The van der Waals surface area contributed by atoms with E-state index in [-0.39, 0.29) is 11.8 Å². The first-order chi connectivity index (χ1) is 18.6. The highest BCUT2D eigenvalue weighted by Crippen LogP contribution is 2.18. The van der Waals surface area contributed by atoms with Crippen LogP contribution in [-0.2, 0) is 9.59 Å². The number of nitrogens with one attached hydrogen (secondary N) is 2. The largest absolute Gasteiger partial charge is 0.494 e. The van der Waals surface area contributed by atoms with Crippen molar-refractivity contribution < 1.29 is 19.1 Å². The molecule has 0 saturated carbocycles. The van der Waals surface area contributed by atoms with Gasteiger partial charge in [0.1, 0.15) is 11.5 Å². The zero-order valence-electron chi connectivity index (χ0n) is 23.6. The Kier molecular flexibility index (Phi) is 16.4. The van der Waals surface area contributed by atoms with Crippen molar-refractivity contribution in [3.63, 3.8) is 0 Å². The maximum Gasteiger partial charge on any atom is 0.224 e. The van der Waals surface area contributed by atoms with Crippen LogP contribution < -0.4 is 20.1 Å². The first-order valence-corrected chi connectivity index (χ1v) is 14.7. The molecular weight excluding hydrogens is 476 g/mol. The lowest BCUT2D eigenvalue weighted by molar-refractivity contribution is -0.118. The fourth-order valence-electron chi connectivity index (χ4n) is 4.08. The molecule has 0 heterocycles. The maximum atomic E-state index is 12.2. The van der Waals surface area contributed by atoms with E-state index in [1.54, 1.807) is 0 Å². The predicted molar refractivity (Wildman–Crippen MR) is 157 cm³/mol. The lowest BCUT2D eigenvalue weighted by Crippen LogP contribution is -2.13. The van der Waals surface area contributed by atoms with Gasteiger partial charge in [-0.15, -0.1) is 0 Å². The van der Waals surface area contributed by atoms with E-state index in [4.69, 9.17) is 9.47 Å². The molecule has 0 saturated heterocycles. The highest BCUT2D eigenvalue weighted by molar-refractivity contribution is 5.91. The second kappa shape index (κ2) is 20.0. The Bertz CT molecular complexity index is 821. The summed E-state index contributed by atoms with van der Waals surface area (Å²) in [6.07, 6.45) is 14.2. The van der Waals surface area contributed by atoms with Gasteiger partial charge in [0.05, 0.1) is 13.2 Å². The van der Waals surface area contributed by atoms with Crippen LogP contribution in [0.2, 0.25) is 0 Å². The van der Waals surface area contributed by atoms with Crippen LogP contribution >= 0.6 is 0 Å². The highest BCUT2D eigenvalue weighted by Gasteiger charge is 2.06. The number of benzene rings is 2. The molecule has 0 aliphatic rings. The molecule has 0 unspecified atom stereocenters.